The number of hydrogen-bond donors (Lipinski definition) is 0. The molecule has 0 N–H and O–H groups in total. The van der Waals surface area contributed by atoms with Crippen LogP contribution in [-0.2, 0) is 14.3 Å². The first-order chi connectivity index (χ1) is 17.3. The van der Waals surface area contributed by atoms with Gasteiger partial charge in [0.15, 0.2) is 5.78 Å². The molecule has 2 rings (SSSR count). The molecule has 210 valence electrons. The maximum Gasteiger partial charge on any atom is 0.511 e. The van der Waals surface area contributed by atoms with E-state index in [2.05, 4.69) is 0 Å². The van der Waals surface area contributed by atoms with Crippen LogP contribution in [0.3, 0.4) is 0 Å². The molecule has 1 aliphatic rings. The van der Waals surface area contributed by atoms with E-state index in [4.69, 9.17) is 89.0 Å². The zero-order chi connectivity index (χ0) is 29.3. The van der Waals surface area contributed by atoms with E-state index in [1.807, 2.05) is 0 Å². The van der Waals surface area contributed by atoms with Crippen molar-refractivity contribution < 1.29 is 51.5 Å². The lowest BCUT2D eigenvalue weighted by molar-refractivity contribution is -0.475. The standard InChI is InChI=1S/C18H15Cl6N2O5.C2HF3O2/c19-17(20,21)9-30-15(28)25-7-6-13(8-14(27)12-4-2-1-3-5-12)26(11-25)16(29)31-10-18(22,23)24;3-2(4,5)1(6)7/h1-7,11,13H,8-10H2;(H,6,7)/q+1;/p-1. The summed E-state index contributed by atoms with van der Waals surface area (Å²) in [5, 5.41) is 8.78. The molecule has 0 radical (unpaired) electrons. The number of carbonyl (C=O) groups is 4. The number of alkyl halides is 9. The third-order valence-electron chi connectivity index (χ3n) is 3.94. The number of hydrogen-bond acceptors (Lipinski definition) is 7. The molecule has 2 amide bonds. The fourth-order valence-corrected chi connectivity index (χ4v) is 2.70. The van der Waals surface area contributed by atoms with E-state index in [0.717, 1.165) is 15.8 Å². The summed E-state index contributed by atoms with van der Waals surface area (Å²) in [6.07, 6.45) is -3.37. The van der Waals surface area contributed by atoms with Gasteiger partial charge in [-0.25, -0.2) is 0 Å². The lowest BCUT2D eigenvalue weighted by Gasteiger charge is -2.20. The Balaban J connectivity index is 0.000000905. The maximum atomic E-state index is 12.6. The Bertz CT molecular complexity index is 1070. The molecule has 0 fully saturated rings. The van der Waals surface area contributed by atoms with E-state index >= 15 is 0 Å². The van der Waals surface area contributed by atoms with Gasteiger partial charge in [-0.05, 0) is 0 Å². The molecule has 9 nitrogen and oxygen atoms in total. The van der Waals surface area contributed by atoms with E-state index in [-0.39, 0.29) is 12.2 Å². The molecular formula is C20H15Cl6F3N2O7. The molecule has 1 heterocycles. The zero-order valence-corrected chi connectivity index (χ0v) is 23.0. The van der Waals surface area contributed by atoms with Gasteiger partial charge < -0.3 is 19.4 Å². The maximum absolute atomic E-state index is 12.6. The SMILES string of the molecule is O=C(CC1C=CN(C(=O)OCC(Cl)(Cl)Cl)C=[N+]1C(=O)OCC(Cl)(Cl)Cl)c1ccccc1.O=C([O-])C(F)(F)F. The van der Waals surface area contributed by atoms with Crippen molar-refractivity contribution in [3.05, 3.63) is 48.2 Å². The Morgan fingerprint density at radius 2 is 1.42 bits per heavy atom. The molecule has 0 aromatic heterocycles. The topological polar surface area (TPSA) is 116 Å². The van der Waals surface area contributed by atoms with Gasteiger partial charge in [-0.15, -0.1) is 4.90 Å². The Kier molecular flexibility index (Phi) is 12.9. The number of halogens is 9. The van der Waals surface area contributed by atoms with Gasteiger partial charge in [0.25, 0.3) is 6.34 Å². The average Bonchev–Trinajstić information content (AvgIpc) is 2.80. The van der Waals surface area contributed by atoms with Gasteiger partial charge in [0.1, 0.15) is 31.4 Å². The monoisotopic (exact) mass is 662 g/mol. The highest BCUT2D eigenvalue weighted by atomic mass is 35.6. The largest absolute Gasteiger partial charge is 0.542 e. The lowest BCUT2D eigenvalue weighted by Crippen LogP contribution is -2.43. The molecule has 38 heavy (non-hydrogen) atoms. The Morgan fingerprint density at radius 3 is 1.89 bits per heavy atom. The number of rotatable bonds is 5. The quantitative estimate of drug-likeness (QED) is 0.252. The number of amides is 2. The molecule has 1 unspecified atom stereocenters. The van der Waals surface area contributed by atoms with Crippen LogP contribution in [0.2, 0.25) is 0 Å². The van der Waals surface area contributed by atoms with Crippen molar-refractivity contribution in [2.45, 2.75) is 26.2 Å². The average molecular weight is 665 g/mol. The predicted octanol–water partition coefficient (Wildman–Crippen LogP) is 4.81. The fraction of sp³-hybridized carbons (Fsp3) is 0.350. The van der Waals surface area contributed by atoms with Gasteiger partial charge in [0.05, 0.1) is 6.42 Å². The number of ether oxygens (including phenoxy) is 2. The molecule has 0 bridgehead atoms. The third-order valence-corrected chi connectivity index (χ3v) is 4.59. The summed E-state index contributed by atoms with van der Waals surface area (Å²) in [5.74, 6) is -3.25. The van der Waals surface area contributed by atoms with Crippen LogP contribution in [-0.4, -0.2) is 72.8 Å². The highest BCUT2D eigenvalue weighted by molar-refractivity contribution is 6.68. The number of aliphatic carboxylic acids is 1. The summed E-state index contributed by atoms with van der Waals surface area (Å²) in [5.41, 5.74) is 0.454. The molecule has 18 heteroatoms. The van der Waals surface area contributed by atoms with E-state index in [9.17, 15) is 27.6 Å². The van der Waals surface area contributed by atoms with Gasteiger partial charge in [0, 0.05) is 11.6 Å². The Hall–Kier alpha value is -1.96. The van der Waals surface area contributed by atoms with E-state index in [1.54, 1.807) is 30.3 Å². The van der Waals surface area contributed by atoms with E-state index < -0.39 is 51.2 Å². The molecule has 1 atom stereocenters. The zero-order valence-electron chi connectivity index (χ0n) is 18.5. The summed E-state index contributed by atoms with van der Waals surface area (Å²) in [6, 6.07) is 7.70. The van der Waals surface area contributed by atoms with Crippen LogP contribution in [0.4, 0.5) is 22.8 Å². The van der Waals surface area contributed by atoms with Gasteiger partial charge >= 0.3 is 18.4 Å². The molecule has 1 aromatic rings. The van der Waals surface area contributed by atoms with Gasteiger partial charge in [-0.3, -0.25) is 4.79 Å². The minimum Gasteiger partial charge on any atom is -0.542 e. The molecule has 0 saturated carbocycles. The van der Waals surface area contributed by atoms with Crippen LogP contribution < -0.4 is 5.11 Å². The van der Waals surface area contributed by atoms with Crippen molar-refractivity contribution in [3.63, 3.8) is 0 Å². The van der Waals surface area contributed by atoms with Crippen molar-refractivity contribution in [2.24, 2.45) is 0 Å². The van der Waals surface area contributed by atoms with Gasteiger partial charge in [0.2, 0.25) is 7.59 Å². The third kappa shape index (κ3) is 13.2. The second-order valence-electron chi connectivity index (χ2n) is 6.96. The molecule has 1 aliphatic heterocycles. The van der Waals surface area contributed by atoms with Crippen molar-refractivity contribution in [2.75, 3.05) is 13.2 Å². The fourth-order valence-electron chi connectivity index (χ4n) is 2.37. The number of carbonyl (C=O) groups excluding carboxylic acids is 4. The number of benzene rings is 1. The summed E-state index contributed by atoms with van der Waals surface area (Å²) >= 11 is 33.5. The summed E-state index contributed by atoms with van der Waals surface area (Å²) in [4.78, 5) is 47.1. The lowest BCUT2D eigenvalue weighted by atomic mass is 10.0. The highest BCUT2D eigenvalue weighted by Gasteiger charge is 2.36. The molecule has 1 aromatic carbocycles. The number of carboxylic acid groups (broad SMARTS) is 1. The van der Waals surface area contributed by atoms with E-state index in [0.29, 0.717) is 5.56 Å². The van der Waals surface area contributed by atoms with Gasteiger partial charge in [-0.2, -0.15) is 27.3 Å². The van der Waals surface area contributed by atoms with Crippen LogP contribution in [0.15, 0.2) is 42.6 Å². The molecule has 0 aliphatic carbocycles. The Morgan fingerprint density at radius 1 is 0.921 bits per heavy atom. The highest BCUT2D eigenvalue weighted by Crippen LogP contribution is 2.27. The predicted molar refractivity (Wildman–Crippen MR) is 131 cm³/mol. The molecule has 0 saturated heterocycles. The second-order valence-corrected chi connectivity index (χ2v) is 12.0. The van der Waals surface area contributed by atoms with Crippen molar-refractivity contribution >= 4 is 99.9 Å². The number of Topliss-reactive ketones (excluding diaryl/α,β-unsaturated/α-hetero) is 1. The van der Waals surface area contributed by atoms with Crippen LogP contribution in [0, 0.1) is 0 Å². The summed E-state index contributed by atoms with van der Waals surface area (Å²) in [6.45, 7) is -1.08. The molecule has 0 spiro atoms. The second kappa shape index (κ2) is 14.4. The minimum absolute atomic E-state index is 0.100. The smallest absolute Gasteiger partial charge is 0.511 e. The molecular weight excluding hydrogens is 650 g/mol. The Labute approximate surface area is 243 Å². The first kappa shape index (κ1) is 34.1. The van der Waals surface area contributed by atoms with E-state index in [1.165, 1.54) is 12.3 Å². The van der Waals surface area contributed by atoms with Crippen LogP contribution in [0.1, 0.15) is 16.8 Å². The summed E-state index contributed by atoms with van der Waals surface area (Å²) < 4.78 is 38.7. The van der Waals surface area contributed by atoms with Crippen LogP contribution in [0.5, 0.6) is 0 Å². The van der Waals surface area contributed by atoms with Crippen molar-refractivity contribution in [1.29, 1.82) is 0 Å². The normalized spacial score (nSPS) is 15.6. The summed E-state index contributed by atoms with van der Waals surface area (Å²) in [7, 11) is 0. The van der Waals surface area contributed by atoms with Crippen molar-refractivity contribution in [3.8, 4) is 0 Å². The first-order valence-electron chi connectivity index (χ1n) is 9.73. The van der Waals surface area contributed by atoms with Crippen LogP contribution in [0.25, 0.3) is 0 Å². The van der Waals surface area contributed by atoms with Gasteiger partial charge in [-0.1, -0.05) is 99.9 Å². The van der Waals surface area contributed by atoms with Crippen LogP contribution >= 0.6 is 69.6 Å². The number of carboxylic acids is 1. The minimum atomic E-state index is -5.19. The van der Waals surface area contributed by atoms with Crippen molar-refractivity contribution in [1.82, 2.24) is 4.90 Å². The number of ketones is 1. The first-order valence-corrected chi connectivity index (χ1v) is 12.0. The number of nitrogens with zero attached hydrogens (tertiary/aromatic N) is 2.